The fourth-order valence-electron chi connectivity index (χ4n) is 0. The molecule has 8 heavy (non-hydrogen) atoms. The molecular formula is C6H11ClHg. The molecule has 2 radical (unpaired) electrons. The monoisotopic (exact) mass is 320 g/mol. The largest absolute Gasteiger partial charge is 1.00 e. The second-order valence-corrected chi connectivity index (χ2v) is 2.53. The van der Waals surface area contributed by atoms with Crippen LogP contribution in [-0.2, 0) is 27.7 Å². The SMILES string of the molecule is [CH]=CC(C)(C)C.[Cl-].[Hg+]. The van der Waals surface area contributed by atoms with Gasteiger partial charge in [0.1, 0.15) is 0 Å². The topological polar surface area (TPSA) is 0 Å². The van der Waals surface area contributed by atoms with Crippen LogP contribution in [0.15, 0.2) is 6.08 Å². The van der Waals surface area contributed by atoms with Crippen molar-refractivity contribution in [3.63, 3.8) is 0 Å². The molecule has 0 atom stereocenters. The van der Waals surface area contributed by atoms with Gasteiger partial charge in [0, 0.05) is 0 Å². The van der Waals surface area contributed by atoms with Crippen LogP contribution in [0.1, 0.15) is 20.8 Å². The Balaban J connectivity index is -0.000000125. The maximum atomic E-state index is 5.18. The second-order valence-electron chi connectivity index (χ2n) is 2.53. The van der Waals surface area contributed by atoms with Gasteiger partial charge in [-0.1, -0.05) is 33.4 Å². The zero-order valence-corrected chi connectivity index (χ0v) is 12.0. The normalized spacial score (nSPS) is 8.38. The molecule has 0 aromatic heterocycles. The van der Waals surface area contributed by atoms with Crippen LogP contribution in [0, 0.1) is 12.0 Å². The van der Waals surface area contributed by atoms with Crippen LogP contribution in [0.2, 0.25) is 0 Å². The maximum absolute atomic E-state index is 5.18. The van der Waals surface area contributed by atoms with E-state index in [0.29, 0.717) is 0 Å². The van der Waals surface area contributed by atoms with Gasteiger partial charge < -0.3 is 12.4 Å². The summed E-state index contributed by atoms with van der Waals surface area (Å²) >= 11 is 0. The average molecular weight is 319 g/mol. The summed E-state index contributed by atoms with van der Waals surface area (Å²) in [5.74, 6) is 0. The van der Waals surface area contributed by atoms with Gasteiger partial charge >= 0.3 is 27.7 Å². The van der Waals surface area contributed by atoms with Gasteiger partial charge in [0.05, 0.1) is 0 Å². The summed E-state index contributed by atoms with van der Waals surface area (Å²) in [4.78, 5) is 0. The fraction of sp³-hybridized carbons (Fsp3) is 0.667. The quantitative estimate of drug-likeness (QED) is 0.504. The molecule has 0 aromatic carbocycles. The Morgan fingerprint density at radius 1 is 1.25 bits per heavy atom. The number of allylic oxidation sites excluding steroid dienone is 1. The zero-order chi connectivity index (χ0) is 5.21. The van der Waals surface area contributed by atoms with E-state index in [1.807, 2.05) is 0 Å². The van der Waals surface area contributed by atoms with Gasteiger partial charge in [0.15, 0.2) is 0 Å². The van der Waals surface area contributed by atoms with Crippen LogP contribution >= 0.6 is 0 Å². The van der Waals surface area contributed by atoms with E-state index in [1.54, 1.807) is 6.08 Å². The number of hydrogen-bond donors (Lipinski definition) is 0. The van der Waals surface area contributed by atoms with Crippen molar-refractivity contribution in [2.75, 3.05) is 0 Å². The number of hydrogen-bond acceptors (Lipinski definition) is 0. The smallest absolute Gasteiger partial charge is 1.00 e. The second kappa shape index (κ2) is 6.09. The predicted molar refractivity (Wildman–Crippen MR) is 28.3 cm³/mol. The van der Waals surface area contributed by atoms with Crippen LogP contribution in [0.3, 0.4) is 0 Å². The minimum Gasteiger partial charge on any atom is -1.00 e. The standard InChI is InChI=1S/C6H11.ClH.Hg/c1-5-6(2,3)4;;/h1,5H,2-4H3;1H;/q;;+1/p-1. The third-order valence-corrected chi connectivity index (χ3v) is 0.500. The molecule has 0 unspecified atom stereocenters. The Morgan fingerprint density at radius 2 is 1.38 bits per heavy atom. The Labute approximate surface area is 78.7 Å². The minimum atomic E-state index is 0. The first-order valence-corrected chi connectivity index (χ1v) is 2.12. The van der Waals surface area contributed by atoms with Gasteiger partial charge in [-0.25, -0.2) is 0 Å². The summed E-state index contributed by atoms with van der Waals surface area (Å²) in [6, 6.07) is 0. The number of halogens is 1. The van der Waals surface area contributed by atoms with Crippen LogP contribution in [-0.4, -0.2) is 0 Å². The predicted octanol–water partition coefficient (Wildman–Crippen LogP) is -0.977. The molecule has 0 saturated heterocycles. The summed E-state index contributed by atoms with van der Waals surface area (Å²) in [7, 11) is 0. The van der Waals surface area contributed by atoms with E-state index < -0.39 is 0 Å². The van der Waals surface area contributed by atoms with Gasteiger partial charge in [-0.3, -0.25) is 0 Å². The first-order valence-electron chi connectivity index (χ1n) is 2.12. The summed E-state index contributed by atoms with van der Waals surface area (Å²) in [6.07, 6.45) is 1.69. The molecule has 0 spiro atoms. The van der Waals surface area contributed by atoms with Gasteiger partial charge in [-0.05, 0) is 5.41 Å². The maximum Gasteiger partial charge on any atom is 1.00 e. The molecule has 0 aliphatic heterocycles. The van der Waals surface area contributed by atoms with E-state index >= 15 is 0 Å². The Bertz CT molecular complexity index is 54.0. The summed E-state index contributed by atoms with van der Waals surface area (Å²) < 4.78 is 0. The minimum absolute atomic E-state index is 0. The van der Waals surface area contributed by atoms with Crippen molar-refractivity contribution in [3.05, 3.63) is 12.7 Å². The van der Waals surface area contributed by atoms with Crippen molar-refractivity contribution in [2.24, 2.45) is 5.41 Å². The zero-order valence-electron chi connectivity index (χ0n) is 5.74. The summed E-state index contributed by atoms with van der Waals surface area (Å²) in [5, 5.41) is 0. The van der Waals surface area contributed by atoms with E-state index in [4.69, 9.17) is 6.58 Å². The van der Waals surface area contributed by atoms with E-state index in [0.717, 1.165) is 0 Å². The molecule has 0 N–H and O–H groups in total. The van der Waals surface area contributed by atoms with Crippen molar-refractivity contribution >= 4 is 0 Å². The number of rotatable bonds is 0. The van der Waals surface area contributed by atoms with Crippen molar-refractivity contribution < 1.29 is 40.1 Å². The molecule has 0 amide bonds. The van der Waals surface area contributed by atoms with E-state index in [9.17, 15) is 0 Å². The molecule has 0 bridgehead atoms. The van der Waals surface area contributed by atoms with E-state index in [1.165, 1.54) is 0 Å². The van der Waals surface area contributed by atoms with Crippen LogP contribution in [0.4, 0.5) is 0 Å². The molecular weight excluding hydrogens is 308 g/mol. The molecule has 44 valence electrons. The molecule has 0 fully saturated rings. The van der Waals surface area contributed by atoms with Gasteiger partial charge in [0.2, 0.25) is 0 Å². The molecule has 0 aliphatic rings. The Morgan fingerprint density at radius 3 is 1.38 bits per heavy atom. The summed E-state index contributed by atoms with van der Waals surface area (Å²) in [5.41, 5.74) is 0.194. The fourth-order valence-corrected chi connectivity index (χ4v) is 0. The first kappa shape index (κ1) is 16.0. The molecule has 2 heteroatoms. The van der Waals surface area contributed by atoms with Crippen LogP contribution < -0.4 is 12.4 Å². The molecule has 0 nitrogen and oxygen atoms in total. The molecule has 0 aliphatic carbocycles. The van der Waals surface area contributed by atoms with E-state index in [-0.39, 0.29) is 45.5 Å². The summed E-state index contributed by atoms with van der Waals surface area (Å²) in [6.45, 7) is 11.4. The Hall–Kier alpha value is 0.965. The van der Waals surface area contributed by atoms with Crippen LogP contribution in [0.25, 0.3) is 0 Å². The van der Waals surface area contributed by atoms with Gasteiger partial charge in [-0.2, -0.15) is 0 Å². The molecule has 0 heterocycles. The molecule has 0 aromatic rings. The van der Waals surface area contributed by atoms with Gasteiger partial charge in [-0.15, -0.1) is 0 Å². The third kappa shape index (κ3) is 15.8. The van der Waals surface area contributed by atoms with Gasteiger partial charge in [0.25, 0.3) is 0 Å². The Kier molecular flexibility index (Phi) is 12.2. The molecule has 0 saturated carbocycles. The average Bonchev–Trinajstić information content (AvgIpc) is 1.35. The first-order chi connectivity index (χ1) is 2.56. The molecule has 0 rings (SSSR count). The van der Waals surface area contributed by atoms with Crippen molar-refractivity contribution in [3.8, 4) is 0 Å². The third-order valence-electron chi connectivity index (χ3n) is 0.500. The van der Waals surface area contributed by atoms with E-state index in [2.05, 4.69) is 20.8 Å². The van der Waals surface area contributed by atoms with Crippen molar-refractivity contribution in [1.82, 2.24) is 0 Å². The van der Waals surface area contributed by atoms with Crippen molar-refractivity contribution in [1.29, 1.82) is 0 Å². The van der Waals surface area contributed by atoms with Crippen LogP contribution in [0.5, 0.6) is 0 Å². The van der Waals surface area contributed by atoms with Crippen molar-refractivity contribution in [2.45, 2.75) is 20.8 Å².